The summed E-state index contributed by atoms with van der Waals surface area (Å²) in [6.45, 7) is 7.17. The molecule has 0 aromatic carbocycles. The quantitative estimate of drug-likeness (QED) is 0.826. The second-order valence-electron chi connectivity index (χ2n) is 5.88. The number of hydrogen-bond donors (Lipinski definition) is 1. The number of piperidine rings is 1. The van der Waals surface area contributed by atoms with Crippen molar-refractivity contribution in [2.75, 3.05) is 32.8 Å². The Morgan fingerprint density at radius 3 is 2.53 bits per heavy atom. The van der Waals surface area contributed by atoms with Crippen molar-refractivity contribution in [1.82, 2.24) is 10.2 Å². The Balaban J connectivity index is 1.63. The molecule has 2 heterocycles. The average Bonchev–Trinajstić information content (AvgIpc) is 2.47. The van der Waals surface area contributed by atoms with Gasteiger partial charge in [-0.3, -0.25) is 4.79 Å². The molecule has 0 aromatic heterocycles. The topological polar surface area (TPSA) is 41.6 Å². The van der Waals surface area contributed by atoms with Crippen molar-refractivity contribution < 1.29 is 9.53 Å². The first kappa shape index (κ1) is 14.8. The molecule has 1 N–H and O–H groups in total. The van der Waals surface area contributed by atoms with Gasteiger partial charge in [-0.2, -0.15) is 0 Å². The van der Waals surface area contributed by atoms with Gasteiger partial charge in [-0.05, 0) is 51.1 Å². The third-order valence-corrected chi connectivity index (χ3v) is 4.42. The predicted molar refractivity (Wildman–Crippen MR) is 76.1 cm³/mol. The number of carbonyl (C=O) groups is 1. The summed E-state index contributed by atoms with van der Waals surface area (Å²) in [5.41, 5.74) is 0. The zero-order chi connectivity index (χ0) is 13.5. The Morgan fingerprint density at radius 1 is 1.21 bits per heavy atom. The molecule has 0 saturated carbocycles. The van der Waals surface area contributed by atoms with Crippen LogP contribution in [0.5, 0.6) is 0 Å². The van der Waals surface area contributed by atoms with Crippen molar-refractivity contribution in [2.45, 2.75) is 51.5 Å². The summed E-state index contributed by atoms with van der Waals surface area (Å²) in [5, 5.41) is 3.07. The van der Waals surface area contributed by atoms with E-state index in [9.17, 15) is 4.79 Å². The molecule has 19 heavy (non-hydrogen) atoms. The lowest BCUT2D eigenvalue weighted by Crippen LogP contribution is -2.45. The fourth-order valence-corrected chi connectivity index (χ4v) is 3.15. The number of hydrogen-bond acceptors (Lipinski definition) is 3. The van der Waals surface area contributed by atoms with Crippen LogP contribution in [-0.4, -0.2) is 49.7 Å². The standard InChI is InChI=1S/C15H28N2O2/c1-2-3-15(18)16-12-13-4-8-17(9-5-13)14-6-10-19-11-7-14/h13-14H,2-12H2,1H3,(H,16,18). The normalized spacial score (nSPS) is 23.4. The molecule has 110 valence electrons. The van der Waals surface area contributed by atoms with Gasteiger partial charge in [0.15, 0.2) is 0 Å². The second kappa shape index (κ2) is 7.85. The molecule has 4 nitrogen and oxygen atoms in total. The molecule has 2 aliphatic rings. The molecule has 0 aromatic rings. The van der Waals surface area contributed by atoms with Crippen LogP contribution in [0.3, 0.4) is 0 Å². The molecule has 0 radical (unpaired) electrons. The van der Waals surface area contributed by atoms with Crippen LogP contribution in [0.1, 0.15) is 45.4 Å². The number of nitrogens with one attached hydrogen (secondary N) is 1. The van der Waals surface area contributed by atoms with Crippen molar-refractivity contribution in [3.05, 3.63) is 0 Å². The first-order chi connectivity index (χ1) is 9.29. The molecule has 1 amide bonds. The van der Waals surface area contributed by atoms with Gasteiger partial charge in [0, 0.05) is 32.2 Å². The number of carbonyl (C=O) groups excluding carboxylic acids is 1. The highest BCUT2D eigenvalue weighted by Gasteiger charge is 2.26. The SMILES string of the molecule is CCCC(=O)NCC1CCN(C2CCOCC2)CC1. The Kier molecular flexibility index (Phi) is 6.11. The van der Waals surface area contributed by atoms with Crippen LogP contribution in [-0.2, 0) is 9.53 Å². The van der Waals surface area contributed by atoms with Gasteiger partial charge in [-0.1, -0.05) is 6.92 Å². The first-order valence-corrected chi connectivity index (χ1v) is 7.88. The van der Waals surface area contributed by atoms with E-state index >= 15 is 0 Å². The molecular formula is C15H28N2O2. The van der Waals surface area contributed by atoms with Crippen LogP contribution in [0.2, 0.25) is 0 Å². The molecule has 0 spiro atoms. The maximum atomic E-state index is 11.5. The molecule has 0 bridgehead atoms. The van der Waals surface area contributed by atoms with Crippen molar-refractivity contribution >= 4 is 5.91 Å². The van der Waals surface area contributed by atoms with E-state index in [0.29, 0.717) is 12.3 Å². The number of amides is 1. The smallest absolute Gasteiger partial charge is 0.219 e. The second-order valence-corrected chi connectivity index (χ2v) is 5.88. The van der Waals surface area contributed by atoms with Crippen LogP contribution in [0.25, 0.3) is 0 Å². The maximum Gasteiger partial charge on any atom is 0.219 e. The predicted octanol–water partition coefficient (Wildman–Crippen LogP) is 1.79. The molecule has 2 saturated heterocycles. The summed E-state index contributed by atoms with van der Waals surface area (Å²) in [4.78, 5) is 14.1. The van der Waals surface area contributed by atoms with Gasteiger partial charge in [0.2, 0.25) is 5.91 Å². The van der Waals surface area contributed by atoms with Gasteiger partial charge < -0.3 is 15.0 Å². The summed E-state index contributed by atoms with van der Waals surface area (Å²) in [7, 11) is 0. The van der Waals surface area contributed by atoms with Crippen LogP contribution in [0.15, 0.2) is 0 Å². The fourth-order valence-electron chi connectivity index (χ4n) is 3.15. The lowest BCUT2D eigenvalue weighted by atomic mass is 9.94. The van der Waals surface area contributed by atoms with E-state index in [2.05, 4.69) is 10.2 Å². The van der Waals surface area contributed by atoms with Crippen LogP contribution in [0, 0.1) is 5.92 Å². The summed E-state index contributed by atoms with van der Waals surface area (Å²) >= 11 is 0. The van der Waals surface area contributed by atoms with Gasteiger partial charge in [0.25, 0.3) is 0 Å². The Hall–Kier alpha value is -0.610. The van der Waals surface area contributed by atoms with Gasteiger partial charge >= 0.3 is 0 Å². The van der Waals surface area contributed by atoms with E-state index in [1.165, 1.54) is 38.8 Å². The van der Waals surface area contributed by atoms with Crippen LogP contribution >= 0.6 is 0 Å². The summed E-state index contributed by atoms with van der Waals surface area (Å²) in [5.74, 6) is 0.895. The minimum atomic E-state index is 0.217. The third-order valence-electron chi connectivity index (χ3n) is 4.42. The minimum absolute atomic E-state index is 0.217. The minimum Gasteiger partial charge on any atom is -0.381 e. The maximum absolute atomic E-state index is 11.5. The van der Waals surface area contributed by atoms with Gasteiger partial charge in [-0.15, -0.1) is 0 Å². The molecular weight excluding hydrogens is 240 g/mol. The number of nitrogens with zero attached hydrogens (tertiary/aromatic N) is 1. The molecule has 0 unspecified atom stereocenters. The van der Waals surface area contributed by atoms with E-state index in [-0.39, 0.29) is 5.91 Å². The highest BCUT2D eigenvalue weighted by molar-refractivity contribution is 5.75. The zero-order valence-corrected chi connectivity index (χ0v) is 12.2. The van der Waals surface area contributed by atoms with Crippen molar-refractivity contribution in [3.63, 3.8) is 0 Å². The molecule has 0 aliphatic carbocycles. The molecule has 2 rings (SSSR count). The van der Waals surface area contributed by atoms with E-state index in [1.54, 1.807) is 0 Å². The van der Waals surface area contributed by atoms with E-state index < -0.39 is 0 Å². The van der Waals surface area contributed by atoms with Crippen molar-refractivity contribution in [2.24, 2.45) is 5.92 Å². The monoisotopic (exact) mass is 268 g/mol. The Labute approximate surface area is 116 Å². The van der Waals surface area contributed by atoms with E-state index in [0.717, 1.165) is 32.2 Å². The largest absolute Gasteiger partial charge is 0.381 e. The van der Waals surface area contributed by atoms with Gasteiger partial charge in [0.1, 0.15) is 0 Å². The number of likely N-dealkylation sites (tertiary alicyclic amines) is 1. The number of ether oxygens (including phenoxy) is 1. The van der Waals surface area contributed by atoms with Crippen LogP contribution < -0.4 is 5.32 Å². The fraction of sp³-hybridized carbons (Fsp3) is 0.933. The third kappa shape index (κ3) is 4.77. The highest BCUT2D eigenvalue weighted by atomic mass is 16.5. The summed E-state index contributed by atoms with van der Waals surface area (Å²) < 4.78 is 5.43. The Bertz CT molecular complexity index is 269. The van der Waals surface area contributed by atoms with Crippen molar-refractivity contribution in [1.29, 1.82) is 0 Å². The number of rotatable bonds is 5. The molecule has 4 heteroatoms. The van der Waals surface area contributed by atoms with Crippen molar-refractivity contribution in [3.8, 4) is 0 Å². The molecule has 0 atom stereocenters. The zero-order valence-electron chi connectivity index (χ0n) is 12.2. The van der Waals surface area contributed by atoms with E-state index in [1.807, 2.05) is 6.92 Å². The molecule has 2 aliphatic heterocycles. The first-order valence-electron chi connectivity index (χ1n) is 7.88. The summed E-state index contributed by atoms with van der Waals surface area (Å²) in [6, 6.07) is 0.740. The van der Waals surface area contributed by atoms with Crippen LogP contribution in [0.4, 0.5) is 0 Å². The molecule has 2 fully saturated rings. The highest BCUT2D eigenvalue weighted by Crippen LogP contribution is 2.22. The lowest BCUT2D eigenvalue weighted by Gasteiger charge is -2.39. The van der Waals surface area contributed by atoms with Gasteiger partial charge in [0.05, 0.1) is 0 Å². The lowest BCUT2D eigenvalue weighted by molar-refractivity contribution is -0.121. The van der Waals surface area contributed by atoms with Gasteiger partial charge in [-0.25, -0.2) is 0 Å². The van der Waals surface area contributed by atoms with E-state index in [4.69, 9.17) is 4.74 Å². The summed E-state index contributed by atoms with van der Waals surface area (Å²) in [6.07, 6.45) is 6.44. The average molecular weight is 268 g/mol. The Morgan fingerprint density at radius 2 is 1.89 bits per heavy atom.